The molecule has 8 nitrogen and oxygen atoms in total. The van der Waals surface area contributed by atoms with Crippen LogP contribution in [0.15, 0.2) is 22.7 Å². The van der Waals surface area contributed by atoms with Crippen molar-refractivity contribution < 1.29 is 24.5 Å². The van der Waals surface area contributed by atoms with Crippen molar-refractivity contribution in [2.75, 3.05) is 18.0 Å². The summed E-state index contributed by atoms with van der Waals surface area (Å²) in [5.41, 5.74) is 7.53. The fourth-order valence-corrected chi connectivity index (χ4v) is 5.22. The van der Waals surface area contributed by atoms with E-state index in [0.717, 1.165) is 31.5 Å². The number of anilines is 1. The molecule has 4 rings (SSSR count). The van der Waals surface area contributed by atoms with E-state index in [-0.39, 0.29) is 34.2 Å². The second kappa shape index (κ2) is 9.03. The van der Waals surface area contributed by atoms with E-state index in [0.29, 0.717) is 4.57 Å². The Balaban J connectivity index is 1.85. The van der Waals surface area contributed by atoms with Crippen LogP contribution in [0.2, 0.25) is 0 Å². The molecule has 1 aromatic heterocycles. The number of aromatic hydroxyl groups is 1. The van der Waals surface area contributed by atoms with Crippen molar-refractivity contribution in [2.45, 2.75) is 64.8 Å². The molecule has 3 heterocycles. The Bertz CT molecular complexity index is 1330. The molecule has 2 aliphatic rings. The third kappa shape index (κ3) is 4.33. The van der Waals surface area contributed by atoms with Crippen molar-refractivity contribution in [1.29, 1.82) is 0 Å². The largest absolute Gasteiger partial charge is 0.494 e. The number of aliphatic carboxylic acids is 1. The zero-order chi connectivity index (χ0) is 26.4. The van der Waals surface area contributed by atoms with Gasteiger partial charge in [-0.05, 0) is 71.6 Å². The number of carbonyl (C=O) groups excluding carboxylic acids is 1. The first-order valence-electron chi connectivity index (χ1n) is 12.0. The Morgan fingerprint density at radius 2 is 1.69 bits per heavy atom. The summed E-state index contributed by atoms with van der Waals surface area (Å²) in [4.78, 5) is 37.2. The molecule has 0 unspecified atom stereocenters. The lowest BCUT2D eigenvalue weighted by atomic mass is 9.69. The van der Waals surface area contributed by atoms with Crippen LogP contribution in [0.5, 0.6) is 11.6 Å². The molecule has 0 radical (unpaired) electrons. The van der Waals surface area contributed by atoms with E-state index < -0.39 is 24.0 Å². The first-order chi connectivity index (χ1) is 16.9. The number of carbonyl (C=O) groups is 2. The summed E-state index contributed by atoms with van der Waals surface area (Å²) < 4.78 is 5.48. The van der Waals surface area contributed by atoms with Gasteiger partial charge in [0.15, 0.2) is 5.75 Å². The summed E-state index contributed by atoms with van der Waals surface area (Å²) in [5, 5.41) is 19.8. The van der Waals surface area contributed by atoms with Gasteiger partial charge in [0.25, 0.3) is 12.0 Å². The third-order valence-electron chi connectivity index (χ3n) is 7.54. The Morgan fingerprint density at radius 3 is 2.22 bits per heavy atom. The fraction of sp³-hybridized carbons (Fsp3) is 0.429. The van der Waals surface area contributed by atoms with Crippen molar-refractivity contribution in [3.63, 3.8) is 0 Å². The van der Waals surface area contributed by atoms with Crippen LogP contribution < -0.4 is 15.2 Å². The minimum absolute atomic E-state index is 0.0316. The highest BCUT2D eigenvalue weighted by atomic mass is 16.5. The van der Waals surface area contributed by atoms with Crippen LogP contribution in [0.25, 0.3) is 12.2 Å². The maximum atomic E-state index is 12.6. The Morgan fingerprint density at radius 1 is 1.11 bits per heavy atom. The number of hydrogen-bond acceptors (Lipinski definition) is 6. The number of aromatic nitrogens is 1. The Labute approximate surface area is 210 Å². The van der Waals surface area contributed by atoms with Crippen LogP contribution in [0.3, 0.4) is 0 Å². The molecular formula is C28H32N2O6. The first-order valence-corrected chi connectivity index (χ1v) is 12.0. The summed E-state index contributed by atoms with van der Waals surface area (Å²) >= 11 is 0. The van der Waals surface area contributed by atoms with Crippen molar-refractivity contribution in [1.82, 2.24) is 4.57 Å². The van der Waals surface area contributed by atoms with Crippen molar-refractivity contribution in [3.8, 4) is 11.6 Å². The highest BCUT2D eigenvalue weighted by Gasteiger charge is 2.39. The maximum Gasteiger partial charge on any atom is 0.323 e. The quantitative estimate of drug-likeness (QED) is 0.464. The molecule has 0 aliphatic carbocycles. The van der Waals surface area contributed by atoms with Gasteiger partial charge in [0.05, 0.1) is 0 Å². The van der Waals surface area contributed by atoms with Crippen LogP contribution in [0, 0.1) is 6.92 Å². The lowest BCUT2D eigenvalue weighted by Gasteiger charge is -2.48. The molecular weight excluding hydrogens is 460 g/mol. The average Bonchev–Trinajstić information content (AvgIpc) is 2.80. The topological polar surface area (TPSA) is 109 Å². The Kier molecular flexibility index (Phi) is 6.35. The van der Waals surface area contributed by atoms with Crippen LogP contribution in [-0.2, 0) is 27.0 Å². The first kappa shape index (κ1) is 25.3. The number of pyridine rings is 1. The predicted molar refractivity (Wildman–Crippen MR) is 138 cm³/mol. The number of hydrogen-bond donors (Lipinski definition) is 2. The summed E-state index contributed by atoms with van der Waals surface area (Å²) in [5.74, 6) is -2.18. The Hall–Kier alpha value is -3.77. The van der Waals surface area contributed by atoms with Gasteiger partial charge in [0.2, 0.25) is 5.88 Å². The lowest BCUT2D eigenvalue weighted by molar-refractivity contribution is -0.137. The minimum Gasteiger partial charge on any atom is -0.494 e. The molecule has 190 valence electrons. The second-order valence-corrected chi connectivity index (χ2v) is 10.9. The van der Waals surface area contributed by atoms with Crippen LogP contribution in [-0.4, -0.2) is 40.3 Å². The third-order valence-corrected chi connectivity index (χ3v) is 7.54. The standard InChI is InChI=1S/C28H32N2O6/c1-17-19(25(34)30(15-22(32)33)26(35)24(17)36-16-31)8-6-7-18-13-20-23-21(14-18)28(4,5)10-12-29(23)11-9-27(20,2)3/h7-8,13-14,16,34H,9-12,15H2,1-5H3,(H,32,33). The molecule has 0 fully saturated rings. The highest BCUT2D eigenvalue weighted by molar-refractivity contribution is 5.73. The minimum atomic E-state index is -1.32. The molecule has 2 N–H and O–H groups in total. The summed E-state index contributed by atoms with van der Waals surface area (Å²) in [6.07, 6.45) is 5.41. The van der Waals surface area contributed by atoms with Crippen molar-refractivity contribution >= 4 is 30.3 Å². The summed E-state index contributed by atoms with van der Waals surface area (Å²) in [7, 11) is 0. The molecule has 36 heavy (non-hydrogen) atoms. The molecule has 1 aromatic carbocycles. The van der Waals surface area contributed by atoms with Crippen LogP contribution >= 0.6 is 0 Å². The van der Waals surface area contributed by atoms with Gasteiger partial charge in [-0.1, -0.05) is 27.7 Å². The van der Waals surface area contributed by atoms with Crippen LogP contribution in [0.1, 0.15) is 68.4 Å². The van der Waals surface area contributed by atoms with Gasteiger partial charge < -0.3 is 19.8 Å². The molecule has 0 spiro atoms. The molecule has 8 heteroatoms. The molecule has 0 saturated carbocycles. The molecule has 0 bridgehead atoms. The van der Waals surface area contributed by atoms with Gasteiger partial charge in [-0.3, -0.25) is 19.0 Å². The van der Waals surface area contributed by atoms with Gasteiger partial charge in [-0.25, -0.2) is 0 Å². The molecule has 0 amide bonds. The SMILES string of the molecule is Cc1c(C=C=Cc2cc3c4c(c2)C(C)(C)CCN4CCC3(C)C)c(O)n(CC(=O)O)c(=O)c1OC=O. The number of benzene rings is 1. The molecule has 0 atom stereocenters. The molecule has 0 saturated heterocycles. The molecule has 2 aliphatic heterocycles. The smallest absolute Gasteiger partial charge is 0.323 e. The number of rotatable bonds is 6. The van der Waals surface area contributed by atoms with Gasteiger partial charge in [0, 0.05) is 29.9 Å². The predicted octanol–water partition coefficient (Wildman–Crippen LogP) is 3.98. The zero-order valence-electron chi connectivity index (χ0n) is 21.3. The van der Waals surface area contributed by atoms with Gasteiger partial charge >= 0.3 is 5.97 Å². The van der Waals surface area contributed by atoms with Crippen molar-refractivity contribution in [2.24, 2.45) is 0 Å². The zero-order valence-corrected chi connectivity index (χ0v) is 21.3. The lowest BCUT2D eigenvalue weighted by Crippen LogP contribution is -2.44. The average molecular weight is 493 g/mol. The summed E-state index contributed by atoms with van der Waals surface area (Å²) in [6.45, 7) is 12.0. The highest BCUT2D eigenvalue weighted by Crippen LogP contribution is 2.49. The van der Waals surface area contributed by atoms with E-state index in [1.165, 1.54) is 29.8 Å². The van der Waals surface area contributed by atoms with E-state index in [9.17, 15) is 19.5 Å². The number of ether oxygens (including phenoxy) is 1. The number of carboxylic acids is 1. The second-order valence-electron chi connectivity index (χ2n) is 10.9. The van der Waals surface area contributed by atoms with E-state index in [1.54, 1.807) is 0 Å². The van der Waals surface area contributed by atoms with Gasteiger partial charge in [0.1, 0.15) is 6.54 Å². The monoisotopic (exact) mass is 492 g/mol. The van der Waals surface area contributed by atoms with Gasteiger partial charge in [-0.15, -0.1) is 5.73 Å². The normalized spacial score (nSPS) is 17.0. The van der Waals surface area contributed by atoms with Crippen LogP contribution in [0.4, 0.5) is 5.69 Å². The van der Waals surface area contributed by atoms with E-state index in [1.807, 2.05) is 6.08 Å². The fourth-order valence-electron chi connectivity index (χ4n) is 5.22. The van der Waals surface area contributed by atoms with E-state index in [2.05, 4.69) is 50.5 Å². The number of carboxylic acid groups (broad SMARTS) is 1. The summed E-state index contributed by atoms with van der Waals surface area (Å²) in [6, 6.07) is 4.37. The van der Waals surface area contributed by atoms with Gasteiger partial charge in [-0.2, -0.15) is 0 Å². The number of nitrogens with zero attached hydrogens (tertiary/aromatic N) is 2. The maximum absolute atomic E-state index is 12.6. The van der Waals surface area contributed by atoms with E-state index >= 15 is 0 Å². The molecule has 2 aromatic rings. The van der Waals surface area contributed by atoms with E-state index in [4.69, 9.17) is 9.84 Å². The van der Waals surface area contributed by atoms with Crippen molar-refractivity contribution in [3.05, 3.63) is 56.0 Å².